The van der Waals surface area contributed by atoms with Gasteiger partial charge in [-0.3, -0.25) is 9.69 Å². The van der Waals surface area contributed by atoms with E-state index in [1.807, 2.05) is 60.7 Å². The standard InChI is InChI=1S/C32H34N6O2/c1-2-7-28(37-30-17-11-25(20-33)22-34-30)10-6-19-38(32(40)36-21-24-8-4-3-5-9-24)29-15-12-26(13-16-29)27-14-18-31(39)35-23-27/h3-5,8-9,11-18,22-23,28H,2,6-7,10,19,21H2,1H3,(H,34,37)(H,35,39)(H,36,40)/t28-/m0/s1. The molecule has 2 heterocycles. The predicted molar refractivity (Wildman–Crippen MR) is 159 cm³/mol. The van der Waals surface area contributed by atoms with Crippen molar-refractivity contribution in [3.8, 4) is 17.2 Å². The van der Waals surface area contributed by atoms with Gasteiger partial charge in [-0.1, -0.05) is 55.8 Å². The lowest BCUT2D eigenvalue weighted by Gasteiger charge is -2.25. The maximum Gasteiger partial charge on any atom is 0.322 e. The van der Waals surface area contributed by atoms with Crippen LogP contribution in [0.25, 0.3) is 11.1 Å². The van der Waals surface area contributed by atoms with E-state index in [2.05, 4.69) is 33.6 Å². The van der Waals surface area contributed by atoms with E-state index in [-0.39, 0.29) is 17.6 Å². The molecule has 8 heteroatoms. The first kappa shape index (κ1) is 28.1. The number of anilines is 2. The number of benzene rings is 2. The van der Waals surface area contributed by atoms with E-state index < -0.39 is 0 Å². The summed E-state index contributed by atoms with van der Waals surface area (Å²) in [5.74, 6) is 0.743. The molecular formula is C32H34N6O2. The summed E-state index contributed by atoms with van der Waals surface area (Å²) in [6.07, 6.45) is 6.88. The third kappa shape index (κ3) is 8.05. The first-order chi connectivity index (χ1) is 19.6. The van der Waals surface area contributed by atoms with Crippen molar-refractivity contribution in [3.63, 3.8) is 0 Å². The third-order valence-electron chi connectivity index (χ3n) is 6.64. The number of aromatic nitrogens is 2. The van der Waals surface area contributed by atoms with Crippen LogP contribution in [0.5, 0.6) is 0 Å². The van der Waals surface area contributed by atoms with Gasteiger partial charge in [0.25, 0.3) is 0 Å². The fourth-order valence-corrected chi connectivity index (χ4v) is 4.53. The molecule has 4 aromatic rings. The van der Waals surface area contributed by atoms with E-state index in [4.69, 9.17) is 5.26 Å². The number of carbonyl (C=O) groups is 1. The molecule has 2 aromatic carbocycles. The van der Waals surface area contributed by atoms with Crippen molar-refractivity contribution in [1.29, 1.82) is 5.26 Å². The molecule has 4 rings (SSSR count). The van der Waals surface area contributed by atoms with Gasteiger partial charge in [-0.15, -0.1) is 0 Å². The van der Waals surface area contributed by atoms with Crippen molar-refractivity contribution in [1.82, 2.24) is 15.3 Å². The largest absolute Gasteiger partial charge is 0.367 e. The maximum atomic E-state index is 13.4. The molecule has 0 spiro atoms. The van der Waals surface area contributed by atoms with Crippen LogP contribution in [0, 0.1) is 11.3 Å². The van der Waals surface area contributed by atoms with Crippen LogP contribution in [0.1, 0.15) is 43.7 Å². The highest BCUT2D eigenvalue weighted by atomic mass is 16.2. The number of nitrogens with one attached hydrogen (secondary N) is 3. The lowest BCUT2D eigenvalue weighted by atomic mass is 10.1. The molecule has 0 aliphatic heterocycles. The monoisotopic (exact) mass is 534 g/mol. The Morgan fingerprint density at radius 3 is 2.42 bits per heavy atom. The second kappa shape index (κ2) is 14.3. The summed E-state index contributed by atoms with van der Waals surface area (Å²) in [7, 11) is 0. The van der Waals surface area contributed by atoms with Gasteiger partial charge in [-0.25, -0.2) is 9.78 Å². The fourth-order valence-electron chi connectivity index (χ4n) is 4.53. The van der Waals surface area contributed by atoms with E-state index in [0.29, 0.717) is 18.7 Å². The minimum absolute atomic E-state index is 0.146. The first-order valence-corrected chi connectivity index (χ1v) is 13.6. The number of nitrogens with zero attached hydrogens (tertiary/aromatic N) is 3. The van der Waals surface area contributed by atoms with Crippen molar-refractivity contribution in [2.75, 3.05) is 16.8 Å². The molecule has 2 aromatic heterocycles. The number of aromatic amines is 1. The van der Waals surface area contributed by atoms with Crippen LogP contribution < -0.4 is 21.1 Å². The van der Waals surface area contributed by atoms with E-state index in [0.717, 1.165) is 53.9 Å². The number of rotatable bonds is 12. The Hall–Kier alpha value is -4.90. The number of pyridine rings is 2. The van der Waals surface area contributed by atoms with E-state index in [1.54, 1.807) is 29.4 Å². The zero-order valence-corrected chi connectivity index (χ0v) is 22.6. The summed E-state index contributed by atoms with van der Waals surface area (Å²) in [5.41, 5.74) is 4.07. The van der Waals surface area contributed by atoms with Gasteiger partial charge in [0.05, 0.1) is 5.56 Å². The molecule has 40 heavy (non-hydrogen) atoms. The smallest absolute Gasteiger partial charge is 0.322 e. The Bertz CT molecular complexity index is 1440. The van der Waals surface area contributed by atoms with E-state index in [9.17, 15) is 9.59 Å². The number of nitriles is 1. The molecule has 0 fully saturated rings. The summed E-state index contributed by atoms with van der Waals surface area (Å²) in [6.45, 7) is 3.13. The van der Waals surface area contributed by atoms with Gasteiger partial charge >= 0.3 is 6.03 Å². The summed E-state index contributed by atoms with van der Waals surface area (Å²) in [4.78, 5) is 33.6. The van der Waals surface area contributed by atoms with E-state index >= 15 is 0 Å². The Morgan fingerprint density at radius 2 is 1.77 bits per heavy atom. The van der Waals surface area contributed by atoms with Crippen LogP contribution in [0.4, 0.5) is 16.3 Å². The van der Waals surface area contributed by atoms with Gasteiger partial charge in [-0.05, 0) is 66.3 Å². The fraction of sp³-hybridized carbons (Fsp3) is 0.250. The lowest BCUT2D eigenvalue weighted by Crippen LogP contribution is -2.40. The highest BCUT2D eigenvalue weighted by Gasteiger charge is 2.17. The Balaban J connectivity index is 1.45. The predicted octanol–water partition coefficient (Wildman–Crippen LogP) is 6.09. The van der Waals surface area contributed by atoms with Crippen LogP contribution >= 0.6 is 0 Å². The highest BCUT2D eigenvalue weighted by Crippen LogP contribution is 2.23. The zero-order chi connectivity index (χ0) is 28.2. The van der Waals surface area contributed by atoms with Crippen molar-refractivity contribution in [2.24, 2.45) is 0 Å². The second-order valence-electron chi connectivity index (χ2n) is 9.60. The van der Waals surface area contributed by atoms with E-state index in [1.165, 1.54) is 6.07 Å². The van der Waals surface area contributed by atoms with Crippen LogP contribution in [-0.4, -0.2) is 28.6 Å². The quantitative estimate of drug-likeness (QED) is 0.204. The Labute approximate surface area is 234 Å². The molecular weight excluding hydrogens is 500 g/mol. The zero-order valence-electron chi connectivity index (χ0n) is 22.6. The minimum atomic E-state index is -0.158. The molecule has 0 unspecified atom stereocenters. The highest BCUT2D eigenvalue weighted by molar-refractivity contribution is 5.92. The van der Waals surface area contributed by atoms with Gasteiger partial charge in [0.1, 0.15) is 11.9 Å². The van der Waals surface area contributed by atoms with Gasteiger partial charge in [-0.2, -0.15) is 5.26 Å². The molecule has 8 nitrogen and oxygen atoms in total. The molecule has 0 aliphatic rings. The number of hydrogen-bond acceptors (Lipinski definition) is 5. The maximum absolute atomic E-state index is 13.4. The summed E-state index contributed by atoms with van der Waals surface area (Å²) in [6, 6.07) is 26.6. The SMILES string of the molecule is CCC[C@@H](CCCN(C(=O)NCc1ccccc1)c1ccc(-c2ccc(=O)[nH]c2)cc1)Nc1ccc(C#N)cn1. The molecule has 3 N–H and O–H groups in total. The Kier molecular flexibility index (Phi) is 10.1. The number of H-pyrrole nitrogens is 1. The number of carbonyl (C=O) groups excluding carboxylic acids is 1. The molecule has 0 aliphatic carbocycles. The molecule has 0 saturated carbocycles. The van der Waals surface area contributed by atoms with Crippen molar-refractivity contribution < 1.29 is 4.79 Å². The van der Waals surface area contributed by atoms with Crippen molar-refractivity contribution >= 4 is 17.5 Å². The van der Waals surface area contributed by atoms with Crippen LogP contribution in [-0.2, 0) is 6.54 Å². The molecule has 1 atom stereocenters. The lowest BCUT2D eigenvalue weighted by molar-refractivity contribution is 0.245. The summed E-state index contributed by atoms with van der Waals surface area (Å²) in [5, 5.41) is 15.6. The Morgan fingerprint density at radius 1 is 1.00 bits per heavy atom. The molecule has 0 bridgehead atoms. The molecule has 0 radical (unpaired) electrons. The van der Waals surface area contributed by atoms with Gasteiger partial charge in [0.2, 0.25) is 5.56 Å². The van der Waals surface area contributed by atoms with Gasteiger partial charge in [0.15, 0.2) is 0 Å². The summed E-state index contributed by atoms with van der Waals surface area (Å²) >= 11 is 0. The van der Waals surface area contributed by atoms with Crippen molar-refractivity contribution in [3.05, 3.63) is 113 Å². The normalized spacial score (nSPS) is 11.3. The minimum Gasteiger partial charge on any atom is -0.367 e. The number of hydrogen-bond donors (Lipinski definition) is 3. The average molecular weight is 535 g/mol. The second-order valence-corrected chi connectivity index (χ2v) is 9.60. The van der Waals surface area contributed by atoms with Gasteiger partial charge < -0.3 is 15.6 Å². The average Bonchev–Trinajstić information content (AvgIpc) is 2.99. The molecule has 2 amide bonds. The molecule has 204 valence electrons. The van der Waals surface area contributed by atoms with Crippen molar-refractivity contribution in [2.45, 2.75) is 45.2 Å². The topological polar surface area (TPSA) is 114 Å². The van der Waals surface area contributed by atoms with Crippen LogP contribution in [0.3, 0.4) is 0 Å². The van der Waals surface area contributed by atoms with Crippen LogP contribution in [0.15, 0.2) is 96.1 Å². The van der Waals surface area contributed by atoms with Gasteiger partial charge in [0, 0.05) is 43.3 Å². The molecule has 0 saturated heterocycles. The third-order valence-corrected chi connectivity index (χ3v) is 6.64. The first-order valence-electron chi connectivity index (χ1n) is 13.6. The summed E-state index contributed by atoms with van der Waals surface area (Å²) < 4.78 is 0. The number of amides is 2. The van der Waals surface area contributed by atoms with Crippen LogP contribution in [0.2, 0.25) is 0 Å². The number of urea groups is 1.